The zero-order valence-electron chi connectivity index (χ0n) is 14.9. The van der Waals surface area contributed by atoms with Crippen LogP contribution in [-0.2, 0) is 6.42 Å². The molecule has 2 rings (SSSR count). The third-order valence-electron chi connectivity index (χ3n) is 3.83. The predicted octanol–water partition coefficient (Wildman–Crippen LogP) is 7.93. The topological polar surface area (TPSA) is 0 Å². The quantitative estimate of drug-likeness (QED) is 0.353. The lowest BCUT2D eigenvalue weighted by atomic mass is 10.0. The number of aryl methyl sites for hydroxylation is 1. The van der Waals surface area contributed by atoms with Gasteiger partial charge in [-0.2, -0.15) is 0 Å². The van der Waals surface area contributed by atoms with Crippen molar-refractivity contribution in [3.63, 3.8) is 0 Å². The van der Waals surface area contributed by atoms with Crippen LogP contribution in [0.25, 0.3) is 5.57 Å². The lowest BCUT2D eigenvalue weighted by Gasteiger charge is -2.04. The van der Waals surface area contributed by atoms with Gasteiger partial charge in [-0.05, 0) is 42.4 Å². The summed E-state index contributed by atoms with van der Waals surface area (Å²) in [6.45, 7) is 7.94. The van der Waals surface area contributed by atoms with E-state index in [2.05, 4.69) is 75.1 Å². The standard InChI is InChI=1S/C18H22.C5H10.CH4/c1-2-3-6-9-16-12-14-18(15-13-16)17-10-7-4-5-8-11-17;1-3-5-4-2;/h4,7-8,10-15H,2-3,5-6,9H2,1H3;3H,1,4-5H2,2H3;1H4. The van der Waals surface area contributed by atoms with E-state index < -0.39 is 0 Å². The fourth-order valence-corrected chi connectivity index (χ4v) is 2.42. The maximum absolute atomic E-state index is 3.55. The van der Waals surface area contributed by atoms with Crippen molar-refractivity contribution in [2.45, 2.75) is 66.2 Å². The van der Waals surface area contributed by atoms with Crippen molar-refractivity contribution < 1.29 is 0 Å². The summed E-state index contributed by atoms with van der Waals surface area (Å²) >= 11 is 0. The molecule has 0 heteroatoms. The van der Waals surface area contributed by atoms with Crippen LogP contribution in [0.2, 0.25) is 0 Å². The number of rotatable bonds is 7. The molecule has 0 heterocycles. The third kappa shape index (κ3) is 9.35. The average molecular weight is 325 g/mol. The van der Waals surface area contributed by atoms with Gasteiger partial charge in [0.15, 0.2) is 0 Å². The molecule has 0 aliphatic heterocycles. The van der Waals surface area contributed by atoms with E-state index in [9.17, 15) is 0 Å². The summed E-state index contributed by atoms with van der Waals surface area (Å²) in [6, 6.07) is 9.04. The number of unbranched alkanes of at least 4 members (excludes halogenated alkanes) is 3. The summed E-state index contributed by atoms with van der Waals surface area (Å²) in [7, 11) is 0. The van der Waals surface area contributed by atoms with Crippen LogP contribution in [0.1, 0.15) is 70.9 Å². The summed E-state index contributed by atoms with van der Waals surface area (Å²) in [5, 5.41) is 0. The van der Waals surface area contributed by atoms with Crippen LogP contribution >= 0.6 is 0 Å². The molecular formula is C24H36. The van der Waals surface area contributed by atoms with Crippen molar-refractivity contribution in [2.24, 2.45) is 0 Å². The third-order valence-corrected chi connectivity index (χ3v) is 3.83. The Kier molecular flexibility index (Phi) is 13.6. The van der Waals surface area contributed by atoms with Gasteiger partial charge in [-0.25, -0.2) is 0 Å². The Hall–Kier alpha value is -1.82. The normalized spacial score (nSPS) is 12.3. The fraction of sp³-hybridized carbons (Fsp3) is 0.417. The number of hydrogen-bond donors (Lipinski definition) is 0. The van der Waals surface area contributed by atoms with E-state index in [1.54, 1.807) is 0 Å². The van der Waals surface area contributed by atoms with Gasteiger partial charge in [0.2, 0.25) is 0 Å². The van der Waals surface area contributed by atoms with Crippen molar-refractivity contribution in [3.8, 4) is 0 Å². The maximum Gasteiger partial charge on any atom is -0.0163 e. The van der Waals surface area contributed by atoms with E-state index >= 15 is 0 Å². The summed E-state index contributed by atoms with van der Waals surface area (Å²) in [4.78, 5) is 0. The fourth-order valence-electron chi connectivity index (χ4n) is 2.42. The molecule has 0 bridgehead atoms. The molecule has 0 atom stereocenters. The Morgan fingerprint density at radius 2 is 1.75 bits per heavy atom. The zero-order valence-corrected chi connectivity index (χ0v) is 14.9. The molecule has 1 aromatic rings. The van der Waals surface area contributed by atoms with Crippen molar-refractivity contribution in [3.05, 3.63) is 78.4 Å². The number of hydrogen-bond acceptors (Lipinski definition) is 0. The second kappa shape index (κ2) is 14.8. The van der Waals surface area contributed by atoms with E-state index in [4.69, 9.17) is 0 Å². The highest BCUT2D eigenvalue weighted by molar-refractivity contribution is 5.75. The highest BCUT2D eigenvalue weighted by Gasteiger charge is 1.99. The number of allylic oxidation sites excluding steroid dienone is 7. The van der Waals surface area contributed by atoms with E-state index in [-0.39, 0.29) is 7.43 Å². The molecule has 0 saturated heterocycles. The Morgan fingerprint density at radius 1 is 1.00 bits per heavy atom. The Bertz CT molecular complexity index is 511. The second-order valence-electron chi connectivity index (χ2n) is 5.92. The van der Waals surface area contributed by atoms with Gasteiger partial charge in [-0.1, -0.05) is 101 Å². The lowest BCUT2D eigenvalue weighted by Crippen LogP contribution is -1.87. The van der Waals surface area contributed by atoms with Crippen LogP contribution < -0.4 is 0 Å². The average Bonchev–Trinajstić information content (AvgIpc) is 2.86. The minimum Gasteiger partial charge on any atom is -0.103 e. The molecule has 1 aliphatic carbocycles. The summed E-state index contributed by atoms with van der Waals surface area (Å²) in [6.07, 6.45) is 21.4. The highest BCUT2D eigenvalue weighted by atomic mass is 14.0. The molecule has 24 heavy (non-hydrogen) atoms. The molecule has 1 aliphatic rings. The van der Waals surface area contributed by atoms with Crippen molar-refractivity contribution in [1.82, 2.24) is 0 Å². The molecule has 0 saturated carbocycles. The van der Waals surface area contributed by atoms with Crippen LogP contribution in [-0.4, -0.2) is 0 Å². The Balaban J connectivity index is 0.000000777. The first kappa shape index (κ1) is 22.2. The van der Waals surface area contributed by atoms with E-state index in [1.165, 1.54) is 48.8 Å². The second-order valence-corrected chi connectivity index (χ2v) is 5.92. The molecule has 0 aromatic heterocycles. The minimum atomic E-state index is 0. The summed E-state index contributed by atoms with van der Waals surface area (Å²) in [5.41, 5.74) is 4.09. The van der Waals surface area contributed by atoms with Crippen LogP contribution in [0.5, 0.6) is 0 Å². The van der Waals surface area contributed by atoms with Gasteiger partial charge in [-0.15, -0.1) is 6.58 Å². The van der Waals surface area contributed by atoms with Crippen molar-refractivity contribution in [1.29, 1.82) is 0 Å². The summed E-state index contributed by atoms with van der Waals surface area (Å²) < 4.78 is 0. The first-order valence-electron chi connectivity index (χ1n) is 9.05. The van der Waals surface area contributed by atoms with E-state index in [1.807, 2.05) is 6.08 Å². The first-order chi connectivity index (χ1) is 11.3. The van der Waals surface area contributed by atoms with Crippen molar-refractivity contribution >= 4 is 5.57 Å². The highest BCUT2D eigenvalue weighted by Crippen LogP contribution is 2.19. The monoisotopic (exact) mass is 324 g/mol. The van der Waals surface area contributed by atoms with Gasteiger partial charge in [-0.3, -0.25) is 0 Å². The summed E-state index contributed by atoms with van der Waals surface area (Å²) in [5.74, 6) is 0. The van der Waals surface area contributed by atoms with Gasteiger partial charge < -0.3 is 0 Å². The molecule has 0 spiro atoms. The predicted molar refractivity (Wildman–Crippen MR) is 112 cm³/mol. The Morgan fingerprint density at radius 3 is 2.33 bits per heavy atom. The molecule has 132 valence electrons. The van der Waals surface area contributed by atoms with Crippen LogP contribution in [0.4, 0.5) is 0 Å². The molecule has 0 radical (unpaired) electrons. The largest absolute Gasteiger partial charge is 0.103 e. The van der Waals surface area contributed by atoms with Gasteiger partial charge in [0.05, 0.1) is 0 Å². The molecule has 0 nitrogen and oxygen atoms in total. The number of benzene rings is 1. The van der Waals surface area contributed by atoms with E-state index in [0.717, 1.165) is 12.8 Å². The molecule has 0 N–H and O–H groups in total. The SMILES string of the molecule is C.C=CCCC.CCCCCc1ccc(C2=CC=CCC=C2)cc1. The van der Waals surface area contributed by atoms with Crippen molar-refractivity contribution in [2.75, 3.05) is 0 Å². The molecule has 1 aromatic carbocycles. The van der Waals surface area contributed by atoms with Gasteiger partial charge >= 0.3 is 0 Å². The van der Waals surface area contributed by atoms with Gasteiger partial charge in [0.25, 0.3) is 0 Å². The minimum absolute atomic E-state index is 0. The van der Waals surface area contributed by atoms with Crippen LogP contribution in [0.15, 0.2) is 67.3 Å². The van der Waals surface area contributed by atoms with E-state index in [0.29, 0.717) is 0 Å². The maximum atomic E-state index is 3.55. The van der Waals surface area contributed by atoms with Crippen LogP contribution in [0, 0.1) is 0 Å². The zero-order chi connectivity index (χ0) is 16.8. The first-order valence-corrected chi connectivity index (χ1v) is 9.05. The molecular weight excluding hydrogens is 288 g/mol. The molecule has 0 amide bonds. The van der Waals surface area contributed by atoms with Gasteiger partial charge in [0, 0.05) is 0 Å². The smallest absolute Gasteiger partial charge is 0.0163 e. The lowest BCUT2D eigenvalue weighted by molar-refractivity contribution is 0.717. The van der Waals surface area contributed by atoms with Gasteiger partial charge in [0.1, 0.15) is 0 Å². The van der Waals surface area contributed by atoms with Crippen LogP contribution in [0.3, 0.4) is 0 Å². The molecule has 0 fully saturated rings. The molecule has 0 unspecified atom stereocenters. The Labute approximate surface area is 150 Å².